The number of carbonyl (C=O) groups excluding carboxylic acids is 2. The third kappa shape index (κ3) is 7.47. The van der Waals surface area contributed by atoms with Crippen LogP contribution in [0, 0.1) is 19.8 Å². The number of nitrogens with one attached hydrogen (secondary N) is 1. The number of carbonyl (C=O) groups is 3. The van der Waals surface area contributed by atoms with E-state index in [1.807, 2.05) is 59.2 Å². The first-order valence-electron chi connectivity index (χ1n) is 15.9. The molecule has 9 nitrogen and oxygen atoms in total. The van der Waals surface area contributed by atoms with Crippen LogP contribution in [0.5, 0.6) is 5.75 Å². The summed E-state index contributed by atoms with van der Waals surface area (Å²) in [5.74, 6) is -0.750. The Bertz CT molecular complexity index is 1730. The minimum absolute atomic E-state index is 0.102. The lowest BCUT2D eigenvalue weighted by atomic mass is 9.93. The molecule has 240 valence electrons. The topological polar surface area (TPSA) is 114 Å². The van der Waals surface area contributed by atoms with Crippen LogP contribution in [0.3, 0.4) is 0 Å². The number of benzene rings is 3. The van der Waals surface area contributed by atoms with Gasteiger partial charge in [0.25, 0.3) is 5.91 Å². The van der Waals surface area contributed by atoms with Gasteiger partial charge in [-0.15, -0.1) is 0 Å². The molecule has 2 amide bonds. The molecule has 5 rings (SSSR count). The van der Waals surface area contributed by atoms with Crippen LogP contribution in [-0.2, 0) is 22.6 Å². The Hall–Kier alpha value is -4.92. The van der Waals surface area contributed by atoms with Crippen LogP contribution in [0.15, 0.2) is 73.1 Å². The van der Waals surface area contributed by atoms with Crippen molar-refractivity contribution in [1.82, 2.24) is 15.1 Å². The molecule has 9 heteroatoms. The Morgan fingerprint density at radius 2 is 1.83 bits per heavy atom. The Morgan fingerprint density at radius 3 is 2.61 bits per heavy atom. The monoisotopic (exact) mass is 622 g/mol. The normalized spacial score (nSPS) is 13.3. The van der Waals surface area contributed by atoms with Crippen molar-refractivity contribution in [3.8, 4) is 16.9 Å². The molecule has 46 heavy (non-hydrogen) atoms. The van der Waals surface area contributed by atoms with E-state index in [2.05, 4.69) is 29.5 Å². The number of nitrogens with zero attached hydrogens (tertiary/aromatic N) is 3. The maximum absolute atomic E-state index is 13.3. The fourth-order valence-corrected chi connectivity index (χ4v) is 5.90. The van der Waals surface area contributed by atoms with Gasteiger partial charge >= 0.3 is 5.97 Å². The summed E-state index contributed by atoms with van der Waals surface area (Å²) < 4.78 is 7.80. The van der Waals surface area contributed by atoms with E-state index in [4.69, 9.17) is 4.74 Å². The first-order valence-corrected chi connectivity index (χ1v) is 15.9. The minimum atomic E-state index is -1.06. The van der Waals surface area contributed by atoms with E-state index < -0.39 is 17.9 Å². The second-order valence-electron chi connectivity index (χ2n) is 12.3. The van der Waals surface area contributed by atoms with Crippen LogP contribution in [0.1, 0.15) is 65.7 Å². The Kier molecular flexibility index (Phi) is 10.2. The lowest BCUT2D eigenvalue weighted by Crippen LogP contribution is -2.44. The first-order chi connectivity index (χ1) is 22.1. The van der Waals surface area contributed by atoms with Crippen molar-refractivity contribution in [2.75, 3.05) is 18.1 Å². The summed E-state index contributed by atoms with van der Waals surface area (Å²) in [6.07, 6.45) is 6.63. The maximum Gasteiger partial charge on any atom is 0.326 e. The van der Waals surface area contributed by atoms with E-state index in [1.54, 1.807) is 32.0 Å². The zero-order valence-electron chi connectivity index (χ0n) is 27.0. The van der Waals surface area contributed by atoms with Gasteiger partial charge in [-0.1, -0.05) is 50.2 Å². The highest BCUT2D eigenvalue weighted by Crippen LogP contribution is 2.36. The number of hydrogen-bond acceptors (Lipinski definition) is 5. The molecule has 0 spiro atoms. The lowest BCUT2D eigenvalue weighted by molar-refractivity contribution is -0.140. The quantitative estimate of drug-likeness (QED) is 0.182. The number of carboxylic acid groups (broad SMARTS) is 1. The van der Waals surface area contributed by atoms with Gasteiger partial charge in [-0.3, -0.25) is 14.3 Å². The van der Waals surface area contributed by atoms with Gasteiger partial charge in [0.2, 0.25) is 5.91 Å². The molecule has 4 aromatic rings. The number of carboxylic acids is 1. The molecule has 0 saturated heterocycles. The molecular weight excluding hydrogens is 580 g/mol. The molecule has 0 radical (unpaired) electrons. The number of aryl methyl sites for hydroxylation is 1. The van der Waals surface area contributed by atoms with Crippen LogP contribution in [0.4, 0.5) is 5.69 Å². The van der Waals surface area contributed by atoms with E-state index in [1.165, 1.54) is 5.56 Å². The molecule has 1 aliphatic heterocycles. The zero-order valence-corrected chi connectivity index (χ0v) is 27.0. The molecule has 3 aromatic carbocycles. The van der Waals surface area contributed by atoms with Crippen LogP contribution < -0.4 is 15.0 Å². The molecule has 2 heterocycles. The van der Waals surface area contributed by atoms with Crippen molar-refractivity contribution < 1.29 is 24.2 Å². The third-order valence-corrected chi connectivity index (χ3v) is 8.60. The van der Waals surface area contributed by atoms with Crippen molar-refractivity contribution in [3.63, 3.8) is 0 Å². The number of ether oxygens (including phenoxy) is 1. The molecule has 1 unspecified atom stereocenters. The third-order valence-electron chi connectivity index (χ3n) is 8.60. The van der Waals surface area contributed by atoms with Gasteiger partial charge in [-0.2, -0.15) is 5.10 Å². The molecule has 0 fully saturated rings. The SMILES string of the molecule is Cc1cccc(OCCCC(=O)N2CCCc3c(-c4cnn(Cc5cccc(C(=O)NC(C(=O)O)C(C)C)c5)c4)cccc32)c1C. The Balaban J connectivity index is 1.24. The van der Waals surface area contributed by atoms with E-state index in [0.29, 0.717) is 38.1 Å². The summed E-state index contributed by atoms with van der Waals surface area (Å²) in [5, 5.41) is 16.7. The minimum Gasteiger partial charge on any atom is -0.493 e. The second kappa shape index (κ2) is 14.5. The fourth-order valence-electron chi connectivity index (χ4n) is 5.90. The molecular formula is C37H42N4O5. The molecule has 0 aliphatic carbocycles. The van der Waals surface area contributed by atoms with Crippen LogP contribution in [-0.4, -0.2) is 51.9 Å². The van der Waals surface area contributed by atoms with E-state index >= 15 is 0 Å². The lowest BCUT2D eigenvalue weighted by Gasteiger charge is -2.31. The Labute approximate surface area is 270 Å². The number of fused-ring (bicyclic) bond motifs is 1. The summed E-state index contributed by atoms with van der Waals surface area (Å²) in [6.45, 7) is 9.26. The summed E-state index contributed by atoms with van der Waals surface area (Å²) in [5.41, 5.74) is 7.70. The average Bonchev–Trinajstić information content (AvgIpc) is 3.50. The largest absolute Gasteiger partial charge is 0.493 e. The van der Waals surface area contributed by atoms with Crippen molar-refractivity contribution in [1.29, 1.82) is 0 Å². The standard InChI is InChI=1S/C37H42N4O5/c1-24(2)35(37(44)45)39-36(43)28-12-6-11-27(20-28)22-40-23-29(21-38-40)30-13-7-15-32-31(30)14-8-18-41(32)34(42)17-9-19-46-33-16-5-10-25(3)26(33)4/h5-7,10-13,15-16,20-21,23-24,35H,8-9,14,17-19,22H2,1-4H3,(H,39,43)(H,44,45). The van der Waals surface area contributed by atoms with Gasteiger partial charge < -0.3 is 20.1 Å². The number of hydrogen-bond donors (Lipinski definition) is 2. The molecule has 1 atom stereocenters. The summed E-state index contributed by atoms with van der Waals surface area (Å²) >= 11 is 0. The van der Waals surface area contributed by atoms with E-state index in [-0.39, 0.29) is 11.8 Å². The van der Waals surface area contributed by atoms with Gasteiger partial charge in [-0.25, -0.2) is 4.79 Å². The number of aromatic nitrogens is 2. The predicted molar refractivity (Wildman–Crippen MR) is 178 cm³/mol. The Morgan fingerprint density at radius 1 is 1.04 bits per heavy atom. The van der Waals surface area contributed by atoms with Crippen LogP contribution >= 0.6 is 0 Å². The average molecular weight is 623 g/mol. The predicted octanol–water partition coefficient (Wildman–Crippen LogP) is 6.19. The molecule has 1 aromatic heterocycles. The number of amides is 2. The van der Waals surface area contributed by atoms with E-state index in [0.717, 1.165) is 52.1 Å². The summed E-state index contributed by atoms with van der Waals surface area (Å²) in [7, 11) is 0. The first kappa shape index (κ1) is 32.5. The number of rotatable bonds is 12. The van der Waals surface area contributed by atoms with Crippen molar-refractivity contribution >= 4 is 23.5 Å². The highest BCUT2D eigenvalue weighted by molar-refractivity contribution is 5.97. The zero-order chi connectivity index (χ0) is 32.8. The van der Waals surface area contributed by atoms with Gasteiger partial charge in [-0.05, 0) is 91.1 Å². The smallest absolute Gasteiger partial charge is 0.326 e. The fraction of sp³-hybridized carbons (Fsp3) is 0.351. The van der Waals surface area contributed by atoms with Crippen molar-refractivity contribution in [3.05, 3.63) is 101 Å². The number of aliphatic carboxylic acids is 1. The summed E-state index contributed by atoms with van der Waals surface area (Å²) in [6, 6.07) is 18.3. The van der Waals surface area contributed by atoms with Gasteiger partial charge in [0, 0.05) is 36.0 Å². The molecule has 2 N–H and O–H groups in total. The summed E-state index contributed by atoms with van der Waals surface area (Å²) in [4.78, 5) is 39.6. The van der Waals surface area contributed by atoms with E-state index in [9.17, 15) is 19.5 Å². The van der Waals surface area contributed by atoms with Crippen molar-refractivity contribution in [2.24, 2.45) is 5.92 Å². The van der Waals surface area contributed by atoms with Gasteiger partial charge in [0.05, 0.1) is 19.3 Å². The van der Waals surface area contributed by atoms with Crippen molar-refractivity contribution in [2.45, 2.75) is 66.0 Å². The molecule has 0 bridgehead atoms. The highest BCUT2D eigenvalue weighted by atomic mass is 16.5. The molecule has 1 aliphatic rings. The van der Waals surface area contributed by atoms with Gasteiger partial charge in [0.15, 0.2) is 0 Å². The number of anilines is 1. The highest BCUT2D eigenvalue weighted by Gasteiger charge is 2.26. The molecule has 0 saturated carbocycles. The van der Waals surface area contributed by atoms with Gasteiger partial charge in [0.1, 0.15) is 11.8 Å². The van der Waals surface area contributed by atoms with Crippen LogP contribution in [0.25, 0.3) is 11.1 Å². The second-order valence-corrected chi connectivity index (χ2v) is 12.3. The van der Waals surface area contributed by atoms with Crippen LogP contribution in [0.2, 0.25) is 0 Å². The maximum atomic E-state index is 13.3.